The fraction of sp³-hybridized carbons (Fsp3) is 0.267. The number of benzene rings is 1. The predicted octanol–water partition coefficient (Wildman–Crippen LogP) is 0.223. The van der Waals surface area contributed by atoms with Crippen LogP contribution in [0.5, 0.6) is 0 Å². The molecule has 11 heteroatoms. The Hall–Kier alpha value is -3.39. The number of nitro benzene ring substituents is 1. The maximum atomic E-state index is 12.6. The Morgan fingerprint density at radius 2 is 2.19 bits per heavy atom. The SMILES string of the molecule is COC(=O)[C@@]1(CC(=O)c2cccc([N+](=O)[O-])c2)NC(=S)NC(=O)[C@@H]1C#N. The highest BCUT2D eigenvalue weighted by atomic mass is 32.1. The maximum absolute atomic E-state index is 12.6. The maximum Gasteiger partial charge on any atom is 0.334 e. The van der Waals surface area contributed by atoms with E-state index in [9.17, 15) is 29.8 Å². The van der Waals surface area contributed by atoms with Crippen molar-refractivity contribution in [2.75, 3.05) is 7.11 Å². The summed E-state index contributed by atoms with van der Waals surface area (Å²) in [4.78, 5) is 47.2. The van der Waals surface area contributed by atoms with Gasteiger partial charge in [0.1, 0.15) is 0 Å². The summed E-state index contributed by atoms with van der Waals surface area (Å²) in [7, 11) is 1.04. The van der Waals surface area contributed by atoms with Crippen molar-refractivity contribution in [3.05, 3.63) is 39.9 Å². The van der Waals surface area contributed by atoms with E-state index in [1.165, 1.54) is 18.2 Å². The first-order chi connectivity index (χ1) is 12.2. The van der Waals surface area contributed by atoms with Crippen molar-refractivity contribution in [3.63, 3.8) is 0 Å². The molecule has 0 aliphatic carbocycles. The lowest BCUT2D eigenvalue weighted by Crippen LogP contribution is -2.70. The van der Waals surface area contributed by atoms with Gasteiger partial charge in [-0.2, -0.15) is 5.26 Å². The number of methoxy groups -OCH3 is 1. The molecule has 0 bridgehead atoms. The minimum atomic E-state index is -2.04. The number of nitriles is 1. The van der Waals surface area contributed by atoms with E-state index in [4.69, 9.17) is 12.2 Å². The molecule has 134 valence electrons. The first-order valence-electron chi connectivity index (χ1n) is 7.14. The van der Waals surface area contributed by atoms with E-state index in [2.05, 4.69) is 15.4 Å². The number of esters is 1. The standard InChI is InChI=1S/C15H12N4O6S/c1-25-13(22)15(10(7-16)12(21)17-14(26)18-15)6-11(20)8-3-2-4-9(5-8)19(23)24/h2-5,10H,6H2,1H3,(H2,17,18,21,26)/t10-,15-/m0/s1. The van der Waals surface area contributed by atoms with Crippen LogP contribution in [0.15, 0.2) is 24.3 Å². The van der Waals surface area contributed by atoms with Crippen molar-refractivity contribution in [2.45, 2.75) is 12.0 Å². The lowest BCUT2D eigenvalue weighted by Gasteiger charge is -2.38. The Morgan fingerprint density at radius 3 is 2.77 bits per heavy atom. The summed E-state index contributed by atoms with van der Waals surface area (Å²) in [5.74, 6) is -4.18. The zero-order valence-corrected chi connectivity index (χ0v) is 14.2. The molecule has 1 aliphatic rings. The van der Waals surface area contributed by atoms with E-state index >= 15 is 0 Å². The average molecular weight is 376 g/mol. The summed E-state index contributed by atoms with van der Waals surface area (Å²) in [6, 6.07) is 6.54. The number of hydrogen-bond donors (Lipinski definition) is 2. The molecule has 0 saturated carbocycles. The second-order valence-corrected chi connectivity index (χ2v) is 5.78. The van der Waals surface area contributed by atoms with Gasteiger partial charge >= 0.3 is 5.97 Å². The van der Waals surface area contributed by atoms with Gasteiger partial charge in [-0.25, -0.2) is 4.79 Å². The number of carbonyl (C=O) groups is 3. The Morgan fingerprint density at radius 1 is 1.50 bits per heavy atom. The number of hydrogen-bond acceptors (Lipinski definition) is 8. The molecule has 1 aromatic carbocycles. The van der Waals surface area contributed by atoms with Crippen LogP contribution in [0.25, 0.3) is 0 Å². The number of nitro groups is 1. The Kier molecular flexibility index (Phi) is 5.27. The van der Waals surface area contributed by atoms with Crippen LogP contribution in [0, 0.1) is 27.4 Å². The zero-order chi connectivity index (χ0) is 19.5. The number of ketones is 1. The molecular weight excluding hydrogens is 364 g/mol. The molecule has 2 atom stereocenters. The smallest absolute Gasteiger partial charge is 0.334 e. The first-order valence-corrected chi connectivity index (χ1v) is 7.54. The Labute approximate surface area is 152 Å². The first kappa shape index (κ1) is 18.9. The van der Waals surface area contributed by atoms with Crippen molar-refractivity contribution in [3.8, 4) is 6.07 Å². The Bertz CT molecular complexity index is 864. The minimum Gasteiger partial charge on any atom is -0.467 e. The molecule has 1 amide bonds. The van der Waals surface area contributed by atoms with Crippen LogP contribution in [0.1, 0.15) is 16.8 Å². The van der Waals surface area contributed by atoms with Crippen LogP contribution >= 0.6 is 12.2 Å². The number of carbonyl (C=O) groups excluding carboxylic acids is 3. The fourth-order valence-electron chi connectivity index (χ4n) is 2.60. The van der Waals surface area contributed by atoms with Crippen LogP contribution in [-0.4, -0.2) is 40.3 Å². The van der Waals surface area contributed by atoms with Gasteiger partial charge in [0.2, 0.25) is 5.91 Å². The second kappa shape index (κ2) is 7.24. The summed E-state index contributed by atoms with van der Waals surface area (Å²) in [6.45, 7) is 0. The van der Waals surface area contributed by atoms with Crippen molar-refractivity contribution in [1.82, 2.24) is 10.6 Å². The molecular formula is C15H12N4O6S. The molecule has 26 heavy (non-hydrogen) atoms. The molecule has 0 unspecified atom stereocenters. The van der Waals surface area contributed by atoms with Gasteiger partial charge in [0.05, 0.1) is 18.1 Å². The lowest BCUT2D eigenvalue weighted by atomic mass is 9.77. The molecule has 1 aliphatic heterocycles. The molecule has 0 aromatic heterocycles. The highest BCUT2D eigenvalue weighted by Gasteiger charge is 2.55. The van der Waals surface area contributed by atoms with Gasteiger partial charge in [0.25, 0.3) is 5.69 Å². The van der Waals surface area contributed by atoms with E-state index in [0.29, 0.717) is 0 Å². The molecule has 10 nitrogen and oxygen atoms in total. The molecule has 1 aromatic rings. The molecule has 1 heterocycles. The van der Waals surface area contributed by atoms with Crippen molar-refractivity contribution < 1.29 is 24.0 Å². The van der Waals surface area contributed by atoms with Gasteiger partial charge in [-0.05, 0) is 12.2 Å². The van der Waals surface area contributed by atoms with Gasteiger partial charge in [0, 0.05) is 24.1 Å². The quantitative estimate of drug-likeness (QED) is 0.242. The third-order valence-corrected chi connectivity index (χ3v) is 4.03. The monoisotopic (exact) mass is 376 g/mol. The summed E-state index contributed by atoms with van der Waals surface area (Å²) < 4.78 is 4.67. The van der Waals surface area contributed by atoms with Crippen LogP contribution in [0.2, 0.25) is 0 Å². The van der Waals surface area contributed by atoms with Gasteiger partial charge in [-0.1, -0.05) is 12.1 Å². The third kappa shape index (κ3) is 3.35. The van der Waals surface area contributed by atoms with Crippen LogP contribution in [-0.2, 0) is 14.3 Å². The molecule has 1 fully saturated rings. The average Bonchev–Trinajstić information content (AvgIpc) is 2.60. The van der Waals surface area contributed by atoms with Gasteiger partial charge in [0.15, 0.2) is 22.4 Å². The largest absolute Gasteiger partial charge is 0.467 e. The predicted molar refractivity (Wildman–Crippen MR) is 89.8 cm³/mol. The second-order valence-electron chi connectivity index (χ2n) is 5.38. The molecule has 0 spiro atoms. The number of thiocarbonyl (C=S) groups is 1. The third-order valence-electron chi connectivity index (χ3n) is 3.83. The van der Waals surface area contributed by atoms with Crippen LogP contribution in [0.3, 0.4) is 0 Å². The number of rotatable bonds is 5. The zero-order valence-electron chi connectivity index (χ0n) is 13.3. The van der Waals surface area contributed by atoms with Crippen molar-refractivity contribution >= 4 is 40.7 Å². The highest BCUT2D eigenvalue weighted by Crippen LogP contribution is 2.29. The summed E-state index contributed by atoms with van der Waals surface area (Å²) in [5.41, 5.74) is -2.41. The minimum absolute atomic E-state index is 0.0575. The highest BCUT2D eigenvalue weighted by molar-refractivity contribution is 7.80. The number of nitrogens with one attached hydrogen (secondary N) is 2. The summed E-state index contributed by atoms with van der Waals surface area (Å²) in [6.07, 6.45) is -0.660. The molecule has 1 saturated heterocycles. The van der Waals surface area contributed by atoms with E-state index in [1.807, 2.05) is 0 Å². The lowest BCUT2D eigenvalue weighted by molar-refractivity contribution is -0.384. The summed E-state index contributed by atoms with van der Waals surface area (Å²) >= 11 is 4.86. The molecule has 2 rings (SSSR count). The topological polar surface area (TPSA) is 151 Å². The van der Waals surface area contributed by atoms with Gasteiger partial charge in [-0.15, -0.1) is 0 Å². The number of amides is 1. The van der Waals surface area contributed by atoms with Crippen LogP contribution in [0.4, 0.5) is 5.69 Å². The number of ether oxygens (including phenoxy) is 1. The van der Waals surface area contributed by atoms with Gasteiger partial charge in [-0.3, -0.25) is 19.7 Å². The van der Waals surface area contributed by atoms with E-state index in [1.54, 1.807) is 6.07 Å². The molecule has 2 N–H and O–H groups in total. The van der Waals surface area contributed by atoms with Crippen molar-refractivity contribution in [2.24, 2.45) is 5.92 Å². The van der Waals surface area contributed by atoms with E-state index in [0.717, 1.165) is 13.2 Å². The van der Waals surface area contributed by atoms with Crippen LogP contribution < -0.4 is 10.6 Å². The van der Waals surface area contributed by atoms with Crippen molar-refractivity contribution in [1.29, 1.82) is 5.26 Å². The fourth-order valence-corrected chi connectivity index (χ4v) is 2.88. The number of nitrogens with zero attached hydrogens (tertiary/aromatic N) is 2. The summed E-state index contributed by atoms with van der Waals surface area (Å²) in [5, 5.41) is 24.7. The van der Waals surface area contributed by atoms with E-state index < -0.39 is 40.5 Å². The number of non-ortho nitro benzene ring substituents is 1. The van der Waals surface area contributed by atoms with E-state index in [-0.39, 0.29) is 16.4 Å². The normalized spacial score (nSPS) is 21.8. The Balaban J connectivity index is 2.47. The molecule has 0 radical (unpaired) electrons. The van der Waals surface area contributed by atoms with Gasteiger partial charge < -0.3 is 15.4 Å². The number of Topliss-reactive ketones (excluding diaryl/α,β-unsaturated/α-hetero) is 1.